The van der Waals surface area contributed by atoms with Crippen molar-refractivity contribution >= 4 is 33.6 Å². The molecule has 2 heterocycles. The number of carbonyl (C=O) groups is 2. The summed E-state index contributed by atoms with van der Waals surface area (Å²) < 4.78 is 17.2. The molecule has 0 saturated heterocycles. The van der Waals surface area contributed by atoms with Gasteiger partial charge in [-0.3, -0.25) is 4.79 Å². The molecule has 8 nitrogen and oxygen atoms in total. The summed E-state index contributed by atoms with van der Waals surface area (Å²) in [5, 5.41) is 2.86. The lowest BCUT2D eigenvalue weighted by Gasteiger charge is -2.30. The van der Waals surface area contributed by atoms with E-state index in [4.69, 9.17) is 13.9 Å². The summed E-state index contributed by atoms with van der Waals surface area (Å²) in [7, 11) is 0. The van der Waals surface area contributed by atoms with Crippen LogP contribution in [0, 0.1) is 0 Å². The Morgan fingerprint density at radius 3 is 2.50 bits per heavy atom. The number of ether oxygens (including phenoxy) is 2. The molecule has 34 heavy (non-hydrogen) atoms. The molecule has 0 fully saturated rings. The average molecular weight is 528 g/mol. The summed E-state index contributed by atoms with van der Waals surface area (Å²) in [5.74, 6) is 1.79. The van der Waals surface area contributed by atoms with Gasteiger partial charge in [-0.2, -0.15) is 0 Å². The molecule has 0 bridgehead atoms. The molecule has 178 valence electrons. The van der Waals surface area contributed by atoms with E-state index in [1.54, 1.807) is 29.4 Å². The standard InChI is InChI=1S/C25H26BrN3O5/c1-17(2)29(25(31)27-20-8-6-19(26)7-9-20)15-24(30)28(14-21-4-3-11-32-21)13-18-5-10-22-23(12-18)34-16-33-22/h3-12,17H,13-16H2,1-2H3,(H,27,31). The Kier molecular flexibility index (Phi) is 7.42. The zero-order valence-electron chi connectivity index (χ0n) is 19.0. The third kappa shape index (κ3) is 5.91. The summed E-state index contributed by atoms with van der Waals surface area (Å²) in [6.07, 6.45) is 1.57. The van der Waals surface area contributed by atoms with Crippen LogP contribution in [0.4, 0.5) is 10.5 Å². The summed E-state index contributed by atoms with van der Waals surface area (Å²) in [5.41, 5.74) is 1.54. The molecule has 0 atom stereocenters. The summed E-state index contributed by atoms with van der Waals surface area (Å²) in [4.78, 5) is 29.6. The molecule has 1 aliphatic heterocycles. The second kappa shape index (κ2) is 10.6. The van der Waals surface area contributed by atoms with Crippen LogP contribution in [0.25, 0.3) is 0 Å². The fraction of sp³-hybridized carbons (Fsp3) is 0.280. The number of nitrogens with one attached hydrogen (secondary N) is 1. The lowest BCUT2D eigenvalue weighted by Crippen LogP contribution is -2.47. The first-order valence-electron chi connectivity index (χ1n) is 10.9. The molecule has 1 N–H and O–H groups in total. The van der Waals surface area contributed by atoms with E-state index in [0.29, 0.717) is 29.5 Å². The number of hydrogen-bond donors (Lipinski definition) is 1. The van der Waals surface area contributed by atoms with Crippen LogP contribution in [0.5, 0.6) is 11.5 Å². The van der Waals surface area contributed by atoms with E-state index in [1.165, 1.54) is 4.90 Å². The van der Waals surface area contributed by atoms with Crippen LogP contribution < -0.4 is 14.8 Å². The Morgan fingerprint density at radius 1 is 1.03 bits per heavy atom. The number of urea groups is 1. The van der Waals surface area contributed by atoms with Gasteiger partial charge in [-0.05, 0) is 67.9 Å². The van der Waals surface area contributed by atoms with Crippen molar-refractivity contribution in [1.82, 2.24) is 9.80 Å². The quantitative estimate of drug-likeness (QED) is 0.432. The fourth-order valence-electron chi connectivity index (χ4n) is 3.55. The van der Waals surface area contributed by atoms with Gasteiger partial charge >= 0.3 is 6.03 Å². The van der Waals surface area contributed by atoms with Gasteiger partial charge in [0.25, 0.3) is 0 Å². The van der Waals surface area contributed by atoms with Gasteiger partial charge in [0.1, 0.15) is 12.3 Å². The number of halogens is 1. The van der Waals surface area contributed by atoms with Gasteiger partial charge in [0, 0.05) is 22.7 Å². The zero-order chi connectivity index (χ0) is 24.1. The topological polar surface area (TPSA) is 84.2 Å². The van der Waals surface area contributed by atoms with E-state index < -0.39 is 0 Å². The highest BCUT2D eigenvalue weighted by atomic mass is 79.9. The molecule has 0 radical (unpaired) electrons. The first-order chi connectivity index (χ1) is 16.4. The number of benzene rings is 2. The molecular formula is C25H26BrN3O5. The monoisotopic (exact) mass is 527 g/mol. The SMILES string of the molecule is CC(C)N(CC(=O)N(Cc1ccc2c(c1)OCO2)Cc1ccco1)C(=O)Nc1ccc(Br)cc1. The van der Waals surface area contributed by atoms with Gasteiger partial charge < -0.3 is 29.0 Å². The molecule has 0 saturated carbocycles. The maximum absolute atomic E-state index is 13.4. The van der Waals surface area contributed by atoms with Crippen LogP contribution in [0.15, 0.2) is 69.8 Å². The number of nitrogens with zero attached hydrogens (tertiary/aromatic N) is 2. The second-order valence-electron chi connectivity index (χ2n) is 8.18. The second-order valence-corrected chi connectivity index (χ2v) is 9.09. The molecule has 9 heteroatoms. The maximum atomic E-state index is 13.4. The Morgan fingerprint density at radius 2 is 1.79 bits per heavy atom. The predicted octanol–water partition coefficient (Wildman–Crippen LogP) is 5.24. The number of fused-ring (bicyclic) bond motifs is 1. The minimum Gasteiger partial charge on any atom is -0.467 e. The van der Waals surface area contributed by atoms with Crippen molar-refractivity contribution in [3.8, 4) is 11.5 Å². The third-order valence-corrected chi connectivity index (χ3v) is 5.90. The molecule has 0 spiro atoms. The van der Waals surface area contributed by atoms with Gasteiger partial charge in [-0.15, -0.1) is 0 Å². The van der Waals surface area contributed by atoms with Crippen molar-refractivity contribution in [2.45, 2.75) is 33.0 Å². The minimum absolute atomic E-state index is 0.0781. The fourth-order valence-corrected chi connectivity index (χ4v) is 3.81. The number of carbonyl (C=O) groups excluding carboxylic acids is 2. The summed E-state index contributed by atoms with van der Waals surface area (Å²) >= 11 is 3.38. The Hall–Kier alpha value is -3.46. The molecule has 3 aromatic rings. The lowest BCUT2D eigenvalue weighted by atomic mass is 10.1. The van der Waals surface area contributed by atoms with Crippen molar-refractivity contribution in [2.75, 3.05) is 18.7 Å². The maximum Gasteiger partial charge on any atom is 0.322 e. The van der Waals surface area contributed by atoms with Crippen LogP contribution in [-0.4, -0.2) is 41.1 Å². The van der Waals surface area contributed by atoms with Crippen LogP contribution in [0.3, 0.4) is 0 Å². The molecule has 0 unspecified atom stereocenters. The highest BCUT2D eigenvalue weighted by molar-refractivity contribution is 9.10. The number of hydrogen-bond acceptors (Lipinski definition) is 5. The van der Waals surface area contributed by atoms with E-state index in [-0.39, 0.29) is 37.9 Å². The van der Waals surface area contributed by atoms with Crippen molar-refractivity contribution < 1.29 is 23.5 Å². The Balaban J connectivity index is 1.49. The lowest BCUT2D eigenvalue weighted by molar-refractivity contribution is -0.133. The van der Waals surface area contributed by atoms with Gasteiger partial charge in [-0.25, -0.2) is 4.79 Å². The summed E-state index contributed by atoms with van der Waals surface area (Å²) in [6, 6.07) is 16.0. The van der Waals surface area contributed by atoms with Crippen molar-refractivity contribution in [3.05, 3.63) is 76.7 Å². The molecule has 1 aliphatic rings. The third-order valence-electron chi connectivity index (χ3n) is 5.38. The normalized spacial score (nSPS) is 12.0. The van der Waals surface area contributed by atoms with Crippen LogP contribution in [0.2, 0.25) is 0 Å². The minimum atomic E-state index is -0.341. The Bertz CT molecular complexity index is 1130. The van der Waals surface area contributed by atoms with Gasteiger partial charge in [0.05, 0.1) is 12.8 Å². The van der Waals surface area contributed by atoms with E-state index in [9.17, 15) is 9.59 Å². The van der Waals surface area contributed by atoms with Crippen molar-refractivity contribution in [3.63, 3.8) is 0 Å². The largest absolute Gasteiger partial charge is 0.467 e. The summed E-state index contributed by atoms with van der Waals surface area (Å²) in [6.45, 7) is 4.47. The predicted molar refractivity (Wildman–Crippen MR) is 131 cm³/mol. The zero-order valence-corrected chi connectivity index (χ0v) is 20.6. The van der Waals surface area contributed by atoms with E-state index in [2.05, 4.69) is 21.2 Å². The smallest absolute Gasteiger partial charge is 0.322 e. The Labute approximate surface area is 206 Å². The van der Waals surface area contributed by atoms with E-state index >= 15 is 0 Å². The number of rotatable bonds is 8. The van der Waals surface area contributed by atoms with Crippen LogP contribution >= 0.6 is 15.9 Å². The van der Waals surface area contributed by atoms with Crippen LogP contribution in [0.1, 0.15) is 25.2 Å². The highest BCUT2D eigenvalue weighted by Gasteiger charge is 2.25. The number of amides is 3. The first-order valence-corrected chi connectivity index (χ1v) is 11.7. The van der Waals surface area contributed by atoms with E-state index in [1.807, 2.05) is 50.2 Å². The highest BCUT2D eigenvalue weighted by Crippen LogP contribution is 2.33. The van der Waals surface area contributed by atoms with Gasteiger partial charge in [-0.1, -0.05) is 22.0 Å². The molecule has 1 aromatic heterocycles. The molecule has 3 amide bonds. The molecular weight excluding hydrogens is 502 g/mol. The van der Waals surface area contributed by atoms with Crippen molar-refractivity contribution in [2.24, 2.45) is 0 Å². The van der Waals surface area contributed by atoms with E-state index in [0.717, 1.165) is 10.0 Å². The van der Waals surface area contributed by atoms with Crippen LogP contribution in [-0.2, 0) is 17.9 Å². The molecule has 4 rings (SSSR count). The number of anilines is 1. The molecule has 0 aliphatic carbocycles. The van der Waals surface area contributed by atoms with Gasteiger partial charge in [0.2, 0.25) is 12.7 Å². The first kappa shape index (κ1) is 23.7. The van der Waals surface area contributed by atoms with Crippen molar-refractivity contribution in [1.29, 1.82) is 0 Å². The average Bonchev–Trinajstić information content (AvgIpc) is 3.49. The van der Waals surface area contributed by atoms with Gasteiger partial charge in [0.15, 0.2) is 11.5 Å². The number of furan rings is 1. The molecule has 2 aromatic carbocycles.